The number of aryl methyl sites for hydroxylation is 1. The molecule has 144 valence electrons. The van der Waals surface area contributed by atoms with Crippen LogP contribution in [0.3, 0.4) is 0 Å². The summed E-state index contributed by atoms with van der Waals surface area (Å²) in [5.41, 5.74) is 2.99. The fraction of sp³-hybridized carbons (Fsp3) is 0.190. The van der Waals surface area contributed by atoms with Crippen LogP contribution in [0.25, 0.3) is 10.6 Å². The number of halogens is 1. The topological polar surface area (TPSA) is 62.3 Å². The monoisotopic (exact) mass is 413 g/mol. The van der Waals surface area contributed by atoms with E-state index in [-0.39, 0.29) is 18.4 Å². The van der Waals surface area contributed by atoms with Gasteiger partial charge >= 0.3 is 0 Å². The van der Waals surface area contributed by atoms with E-state index < -0.39 is 0 Å². The summed E-state index contributed by atoms with van der Waals surface area (Å²) in [5.74, 6) is -0.550. The highest BCUT2D eigenvalue weighted by atomic mass is 35.5. The van der Waals surface area contributed by atoms with E-state index in [1.54, 1.807) is 24.6 Å². The summed E-state index contributed by atoms with van der Waals surface area (Å²) < 4.78 is 0. The van der Waals surface area contributed by atoms with Gasteiger partial charge in [-0.3, -0.25) is 9.59 Å². The van der Waals surface area contributed by atoms with Crippen LogP contribution < -0.4 is 5.32 Å². The molecular weight excluding hydrogens is 394 g/mol. The highest BCUT2D eigenvalue weighted by Gasteiger charge is 2.19. The first-order chi connectivity index (χ1) is 13.5. The average molecular weight is 414 g/mol. The number of benzene rings is 2. The second-order valence-corrected chi connectivity index (χ2v) is 7.56. The van der Waals surface area contributed by atoms with Gasteiger partial charge < -0.3 is 10.2 Å². The minimum Gasteiger partial charge on any atom is -0.331 e. The molecule has 2 aromatic carbocycles. The Bertz CT molecular complexity index is 1000. The first-order valence-electron chi connectivity index (χ1n) is 8.82. The van der Waals surface area contributed by atoms with Crippen molar-refractivity contribution in [2.75, 3.05) is 18.9 Å². The van der Waals surface area contributed by atoms with Gasteiger partial charge in [-0.2, -0.15) is 0 Å². The number of rotatable bonds is 6. The van der Waals surface area contributed by atoms with Crippen molar-refractivity contribution in [1.82, 2.24) is 9.88 Å². The SMILES string of the molecule is CCc1ccccc1NC(=O)CN(C)C(=O)c1csc(-c2cccc(Cl)c2)n1. The predicted octanol–water partition coefficient (Wildman–Crippen LogP) is 4.74. The molecule has 1 heterocycles. The summed E-state index contributed by atoms with van der Waals surface area (Å²) in [6.45, 7) is 1.97. The van der Waals surface area contributed by atoms with Gasteiger partial charge in [0.2, 0.25) is 5.91 Å². The summed E-state index contributed by atoms with van der Waals surface area (Å²) in [6, 6.07) is 14.9. The summed E-state index contributed by atoms with van der Waals surface area (Å²) in [6.07, 6.45) is 0.816. The number of aromatic nitrogens is 1. The number of thiazole rings is 1. The third kappa shape index (κ3) is 4.77. The molecule has 3 rings (SSSR count). The molecule has 0 atom stereocenters. The molecule has 0 radical (unpaired) electrons. The Kier molecular flexibility index (Phi) is 6.44. The van der Waals surface area contributed by atoms with Gasteiger partial charge in [0.05, 0.1) is 6.54 Å². The van der Waals surface area contributed by atoms with E-state index in [9.17, 15) is 9.59 Å². The number of anilines is 1. The molecule has 3 aromatic rings. The van der Waals surface area contributed by atoms with Gasteiger partial charge in [-0.1, -0.05) is 48.9 Å². The van der Waals surface area contributed by atoms with Gasteiger partial charge in [-0.15, -0.1) is 11.3 Å². The largest absolute Gasteiger partial charge is 0.331 e. The molecule has 0 aliphatic rings. The van der Waals surface area contributed by atoms with E-state index in [2.05, 4.69) is 10.3 Å². The highest BCUT2D eigenvalue weighted by molar-refractivity contribution is 7.13. The molecule has 0 bridgehead atoms. The van der Waals surface area contributed by atoms with Gasteiger partial charge in [0.15, 0.2) is 0 Å². The number of carbonyl (C=O) groups excluding carboxylic acids is 2. The molecule has 0 unspecified atom stereocenters. The Hall–Kier alpha value is -2.70. The Balaban J connectivity index is 1.65. The lowest BCUT2D eigenvalue weighted by Gasteiger charge is -2.16. The van der Waals surface area contributed by atoms with E-state index in [1.165, 1.54) is 16.2 Å². The lowest BCUT2D eigenvalue weighted by atomic mass is 10.1. The Morgan fingerprint density at radius 2 is 1.96 bits per heavy atom. The standard InChI is InChI=1S/C21H20ClN3O2S/c1-3-14-7-4-5-10-17(14)23-19(26)12-25(2)21(27)18-13-28-20(24-18)15-8-6-9-16(22)11-15/h4-11,13H,3,12H2,1-2H3,(H,23,26). The number of nitrogens with zero attached hydrogens (tertiary/aromatic N) is 2. The third-order valence-electron chi connectivity index (χ3n) is 4.19. The second kappa shape index (κ2) is 8.99. The van der Waals surface area contributed by atoms with Crippen LogP contribution in [0.1, 0.15) is 23.0 Å². The second-order valence-electron chi connectivity index (χ2n) is 6.27. The maximum Gasteiger partial charge on any atom is 0.273 e. The fourth-order valence-corrected chi connectivity index (χ4v) is 3.73. The van der Waals surface area contributed by atoms with Gasteiger partial charge in [-0.25, -0.2) is 4.98 Å². The van der Waals surface area contributed by atoms with Gasteiger partial charge in [-0.05, 0) is 30.2 Å². The van der Waals surface area contributed by atoms with Crippen molar-refractivity contribution in [2.24, 2.45) is 0 Å². The van der Waals surface area contributed by atoms with Crippen LogP contribution >= 0.6 is 22.9 Å². The molecule has 0 aliphatic heterocycles. The number of hydrogen-bond donors (Lipinski definition) is 1. The minimum atomic E-state index is -0.302. The van der Waals surface area contributed by atoms with E-state index in [1.807, 2.05) is 43.3 Å². The summed E-state index contributed by atoms with van der Waals surface area (Å²) in [4.78, 5) is 30.7. The van der Waals surface area contributed by atoms with Crippen LogP contribution in [0.5, 0.6) is 0 Å². The first kappa shape index (κ1) is 20.0. The van der Waals surface area contributed by atoms with Crippen molar-refractivity contribution in [3.63, 3.8) is 0 Å². The molecule has 1 N–H and O–H groups in total. The van der Waals surface area contributed by atoms with E-state index in [0.29, 0.717) is 15.7 Å². The van der Waals surface area contributed by atoms with Crippen molar-refractivity contribution in [3.8, 4) is 10.6 Å². The molecule has 0 aliphatic carbocycles. The van der Waals surface area contributed by atoms with Gasteiger partial charge in [0.1, 0.15) is 10.7 Å². The Morgan fingerprint density at radius 3 is 2.71 bits per heavy atom. The summed E-state index contributed by atoms with van der Waals surface area (Å²) in [5, 5.41) is 5.89. The number of nitrogens with one attached hydrogen (secondary N) is 1. The summed E-state index contributed by atoms with van der Waals surface area (Å²) >= 11 is 7.38. The maximum atomic E-state index is 12.6. The van der Waals surface area contributed by atoms with Crippen LogP contribution in [-0.2, 0) is 11.2 Å². The number of amides is 2. The molecule has 0 spiro atoms. The number of hydrogen-bond acceptors (Lipinski definition) is 4. The van der Waals surface area contributed by atoms with Crippen LogP contribution in [-0.4, -0.2) is 35.3 Å². The van der Waals surface area contributed by atoms with Crippen molar-refractivity contribution in [3.05, 3.63) is 70.2 Å². The number of para-hydroxylation sites is 1. The quantitative estimate of drug-likeness (QED) is 0.635. The van der Waals surface area contributed by atoms with E-state index in [0.717, 1.165) is 23.2 Å². The molecule has 0 saturated heterocycles. The van der Waals surface area contributed by atoms with Gasteiger partial charge in [0, 0.05) is 28.7 Å². The normalized spacial score (nSPS) is 10.5. The van der Waals surface area contributed by atoms with Crippen LogP contribution in [0.4, 0.5) is 5.69 Å². The van der Waals surface area contributed by atoms with Crippen LogP contribution in [0.2, 0.25) is 5.02 Å². The van der Waals surface area contributed by atoms with E-state index in [4.69, 9.17) is 11.6 Å². The molecule has 0 saturated carbocycles. The number of carbonyl (C=O) groups is 2. The molecule has 7 heteroatoms. The van der Waals surface area contributed by atoms with Crippen molar-refractivity contribution >= 4 is 40.4 Å². The third-order valence-corrected chi connectivity index (χ3v) is 5.32. The number of likely N-dealkylation sites (N-methyl/N-ethyl adjacent to an activating group) is 1. The maximum absolute atomic E-state index is 12.6. The molecule has 5 nitrogen and oxygen atoms in total. The highest BCUT2D eigenvalue weighted by Crippen LogP contribution is 2.26. The zero-order valence-corrected chi connectivity index (χ0v) is 17.2. The summed E-state index contributed by atoms with van der Waals surface area (Å²) in [7, 11) is 1.59. The lowest BCUT2D eigenvalue weighted by Crippen LogP contribution is -2.35. The molecular formula is C21H20ClN3O2S. The Morgan fingerprint density at radius 1 is 1.18 bits per heavy atom. The Labute approximate surface area is 173 Å². The first-order valence-corrected chi connectivity index (χ1v) is 10.1. The molecule has 1 aromatic heterocycles. The smallest absolute Gasteiger partial charge is 0.273 e. The fourth-order valence-electron chi connectivity index (χ4n) is 2.75. The van der Waals surface area contributed by atoms with Crippen LogP contribution in [0.15, 0.2) is 53.9 Å². The average Bonchev–Trinajstić information content (AvgIpc) is 3.18. The lowest BCUT2D eigenvalue weighted by molar-refractivity contribution is -0.116. The molecule has 2 amide bonds. The van der Waals surface area contributed by atoms with Crippen molar-refractivity contribution < 1.29 is 9.59 Å². The van der Waals surface area contributed by atoms with Crippen molar-refractivity contribution in [2.45, 2.75) is 13.3 Å². The molecule has 28 heavy (non-hydrogen) atoms. The van der Waals surface area contributed by atoms with Crippen molar-refractivity contribution in [1.29, 1.82) is 0 Å². The minimum absolute atomic E-state index is 0.0547. The predicted molar refractivity (Wildman–Crippen MR) is 114 cm³/mol. The molecule has 0 fully saturated rings. The zero-order chi connectivity index (χ0) is 20.1. The van der Waals surface area contributed by atoms with Gasteiger partial charge in [0.25, 0.3) is 5.91 Å². The zero-order valence-electron chi connectivity index (χ0n) is 15.6. The van der Waals surface area contributed by atoms with Crippen LogP contribution in [0, 0.1) is 0 Å². The van der Waals surface area contributed by atoms with E-state index >= 15 is 0 Å².